The van der Waals surface area contributed by atoms with E-state index in [0.717, 1.165) is 12.8 Å². The highest BCUT2D eigenvalue weighted by atomic mass is 16.1. The smallest absolute Gasteiger partial charge is 0.220 e. The Morgan fingerprint density at radius 1 is 1.47 bits per heavy atom. The monoisotopic (exact) mass is 211 g/mol. The van der Waals surface area contributed by atoms with E-state index in [1.165, 1.54) is 0 Å². The fourth-order valence-corrected chi connectivity index (χ4v) is 1.18. The molecule has 0 atom stereocenters. The second-order valence-electron chi connectivity index (χ2n) is 3.26. The minimum Gasteiger partial charge on any atom is -0.354 e. The molecule has 1 rings (SSSR count). The van der Waals surface area contributed by atoms with Crippen LogP contribution in [0.25, 0.3) is 0 Å². The van der Waals surface area contributed by atoms with Crippen LogP contribution in [0.5, 0.6) is 0 Å². The van der Waals surface area contributed by atoms with Crippen molar-refractivity contribution in [3.63, 3.8) is 0 Å². The van der Waals surface area contributed by atoms with Gasteiger partial charge in [-0.3, -0.25) is 9.48 Å². The predicted molar refractivity (Wildman–Crippen MR) is 55.9 cm³/mol. The van der Waals surface area contributed by atoms with Gasteiger partial charge in [0.15, 0.2) is 0 Å². The van der Waals surface area contributed by atoms with Gasteiger partial charge >= 0.3 is 0 Å². The molecule has 0 aliphatic rings. The van der Waals surface area contributed by atoms with Gasteiger partial charge in [-0.1, -0.05) is 5.21 Å². The van der Waals surface area contributed by atoms with Crippen molar-refractivity contribution >= 4 is 5.91 Å². The topological polar surface area (TPSA) is 85.8 Å². The number of carbonyl (C=O) groups excluding carboxylic acids is 1. The van der Waals surface area contributed by atoms with Gasteiger partial charge in [-0.2, -0.15) is 0 Å². The highest BCUT2D eigenvalue weighted by Crippen LogP contribution is 1.92. The van der Waals surface area contributed by atoms with Crippen molar-refractivity contribution in [2.45, 2.75) is 25.8 Å². The molecular formula is C9H17N5O. The zero-order chi connectivity index (χ0) is 10.9. The van der Waals surface area contributed by atoms with Gasteiger partial charge in [0.1, 0.15) is 0 Å². The van der Waals surface area contributed by atoms with E-state index in [1.54, 1.807) is 17.1 Å². The second kappa shape index (κ2) is 6.94. The lowest BCUT2D eigenvalue weighted by atomic mass is 10.2. The number of carbonyl (C=O) groups is 1. The van der Waals surface area contributed by atoms with E-state index in [-0.39, 0.29) is 5.91 Å². The Kier molecular flexibility index (Phi) is 5.39. The number of hydrogen-bond donors (Lipinski definition) is 2. The third kappa shape index (κ3) is 5.11. The standard InChI is InChI=1S/C9H17N5O/c10-4-2-1-3-9(15)11-5-7-14-8-6-12-13-14/h6,8H,1-5,7,10H2,(H,11,15). The summed E-state index contributed by atoms with van der Waals surface area (Å²) in [7, 11) is 0. The van der Waals surface area contributed by atoms with E-state index in [1.807, 2.05) is 0 Å². The van der Waals surface area contributed by atoms with Gasteiger partial charge in [-0.15, -0.1) is 5.10 Å². The molecule has 0 aliphatic carbocycles. The average Bonchev–Trinajstić information content (AvgIpc) is 2.71. The molecule has 0 fully saturated rings. The van der Waals surface area contributed by atoms with Crippen molar-refractivity contribution in [1.29, 1.82) is 0 Å². The van der Waals surface area contributed by atoms with Crippen LogP contribution in [0, 0.1) is 0 Å². The zero-order valence-corrected chi connectivity index (χ0v) is 8.72. The van der Waals surface area contributed by atoms with Gasteiger partial charge in [0, 0.05) is 19.2 Å². The minimum atomic E-state index is 0.0727. The van der Waals surface area contributed by atoms with Crippen LogP contribution >= 0.6 is 0 Å². The largest absolute Gasteiger partial charge is 0.354 e. The molecule has 1 amide bonds. The molecule has 3 N–H and O–H groups in total. The van der Waals surface area contributed by atoms with Crippen LogP contribution in [-0.2, 0) is 11.3 Å². The highest BCUT2D eigenvalue weighted by molar-refractivity contribution is 5.75. The molecule has 6 heteroatoms. The average molecular weight is 211 g/mol. The van der Waals surface area contributed by atoms with Crippen molar-refractivity contribution in [3.8, 4) is 0 Å². The number of nitrogens with one attached hydrogen (secondary N) is 1. The molecule has 0 aromatic carbocycles. The molecule has 0 saturated carbocycles. The summed E-state index contributed by atoms with van der Waals surface area (Å²) < 4.78 is 1.68. The summed E-state index contributed by atoms with van der Waals surface area (Å²) in [5, 5.41) is 10.3. The van der Waals surface area contributed by atoms with Gasteiger partial charge in [0.25, 0.3) is 0 Å². The summed E-state index contributed by atoms with van der Waals surface area (Å²) in [5.74, 6) is 0.0727. The summed E-state index contributed by atoms with van der Waals surface area (Å²) in [4.78, 5) is 11.2. The quantitative estimate of drug-likeness (QED) is 0.597. The zero-order valence-electron chi connectivity index (χ0n) is 8.72. The fraction of sp³-hybridized carbons (Fsp3) is 0.667. The van der Waals surface area contributed by atoms with E-state index < -0.39 is 0 Å². The molecule has 15 heavy (non-hydrogen) atoms. The van der Waals surface area contributed by atoms with E-state index in [9.17, 15) is 4.79 Å². The number of nitrogens with two attached hydrogens (primary N) is 1. The van der Waals surface area contributed by atoms with Crippen LogP contribution in [0.4, 0.5) is 0 Å². The maximum atomic E-state index is 11.2. The molecule has 0 aliphatic heterocycles. The lowest BCUT2D eigenvalue weighted by molar-refractivity contribution is -0.121. The SMILES string of the molecule is NCCCCC(=O)NCCn1ccnn1. The maximum absolute atomic E-state index is 11.2. The normalized spacial score (nSPS) is 10.2. The fourth-order valence-electron chi connectivity index (χ4n) is 1.18. The summed E-state index contributed by atoms with van der Waals surface area (Å²) in [5.41, 5.74) is 5.33. The number of aromatic nitrogens is 3. The third-order valence-electron chi connectivity index (χ3n) is 1.99. The lowest BCUT2D eigenvalue weighted by Crippen LogP contribution is -2.27. The first-order chi connectivity index (χ1) is 7.33. The number of unbranched alkanes of at least 4 members (excludes halogenated alkanes) is 1. The molecule has 1 aromatic heterocycles. The molecule has 6 nitrogen and oxygen atoms in total. The molecule has 1 aromatic rings. The Morgan fingerprint density at radius 2 is 2.33 bits per heavy atom. The first-order valence-corrected chi connectivity index (χ1v) is 5.14. The van der Waals surface area contributed by atoms with Crippen molar-refractivity contribution < 1.29 is 4.79 Å². The van der Waals surface area contributed by atoms with Gasteiger partial charge in [0.05, 0.1) is 12.7 Å². The maximum Gasteiger partial charge on any atom is 0.220 e. The van der Waals surface area contributed by atoms with Crippen molar-refractivity contribution in [1.82, 2.24) is 20.3 Å². The van der Waals surface area contributed by atoms with Gasteiger partial charge in [-0.05, 0) is 19.4 Å². The molecule has 0 unspecified atom stereocenters. The summed E-state index contributed by atoms with van der Waals surface area (Å²) in [6, 6.07) is 0. The van der Waals surface area contributed by atoms with Crippen molar-refractivity contribution in [3.05, 3.63) is 12.4 Å². The summed E-state index contributed by atoms with van der Waals surface area (Å²) >= 11 is 0. The Balaban J connectivity index is 2.02. The number of amides is 1. The van der Waals surface area contributed by atoms with Crippen LogP contribution < -0.4 is 11.1 Å². The Bertz CT molecular complexity index is 272. The Hall–Kier alpha value is -1.43. The highest BCUT2D eigenvalue weighted by Gasteiger charge is 1.99. The molecule has 0 spiro atoms. The van der Waals surface area contributed by atoms with E-state index >= 15 is 0 Å². The Labute approximate surface area is 88.8 Å². The van der Waals surface area contributed by atoms with Crippen LogP contribution in [0.15, 0.2) is 12.4 Å². The number of hydrogen-bond acceptors (Lipinski definition) is 4. The van der Waals surface area contributed by atoms with Crippen molar-refractivity contribution in [2.24, 2.45) is 5.73 Å². The summed E-state index contributed by atoms with van der Waals surface area (Å²) in [6.45, 7) is 1.89. The van der Waals surface area contributed by atoms with Crippen LogP contribution in [0.1, 0.15) is 19.3 Å². The molecule has 1 heterocycles. The van der Waals surface area contributed by atoms with E-state index in [4.69, 9.17) is 5.73 Å². The van der Waals surface area contributed by atoms with Crippen LogP contribution in [-0.4, -0.2) is 34.0 Å². The van der Waals surface area contributed by atoms with Gasteiger partial charge < -0.3 is 11.1 Å². The predicted octanol–water partition coefficient (Wildman–Crippen LogP) is -0.477. The number of rotatable bonds is 7. The van der Waals surface area contributed by atoms with Gasteiger partial charge in [0.2, 0.25) is 5.91 Å². The van der Waals surface area contributed by atoms with E-state index in [0.29, 0.717) is 26.1 Å². The number of nitrogens with zero attached hydrogens (tertiary/aromatic N) is 3. The molecule has 0 bridgehead atoms. The first-order valence-electron chi connectivity index (χ1n) is 5.14. The first kappa shape index (κ1) is 11.6. The van der Waals surface area contributed by atoms with Crippen LogP contribution in [0.3, 0.4) is 0 Å². The second-order valence-corrected chi connectivity index (χ2v) is 3.26. The minimum absolute atomic E-state index is 0.0727. The Morgan fingerprint density at radius 3 is 3.00 bits per heavy atom. The lowest BCUT2D eigenvalue weighted by Gasteiger charge is -2.04. The van der Waals surface area contributed by atoms with Crippen LogP contribution in [0.2, 0.25) is 0 Å². The summed E-state index contributed by atoms with van der Waals surface area (Å²) in [6.07, 6.45) is 5.68. The van der Waals surface area contributed by atoms with Crippen molar-refractivity contribution in [2.75, 3.05) is 13.1 Å². The molecule has 84 valence electrons. The molecule has 0 radical (unpaired) electrons. The molecular weight excluding hydrogens is 194 g/mol. The van der Waals surface area contributed by atoms with Gasteiger partial charge in [-0.25, -0.2) is 0 Å². The third-order valence-corrected chi connectivity index (χ3v) is 1.99. The van der Waals surface area contributed by atoms with E-state index in [2.05, 4.69) is 15.6 Å². The molecule has 0 saturated heterocycles.